The second-order valence-corrected chi connectivity index (χ2v) is 18.1. The van der Waals surface area contributed by atoms with Gasteiger partial charge in [0.1, 0.15) is 11.2 Å². The van der Waals surface area contributed by atoms with Gasteiger partial charge in [0.25, 0.3) is 0 Å². The lowest BCUT2D eigenvalue weighted by Gasteiger charge is -2.63. The van der Waals surface area contributed by atoms with Crippen LogP contribution in [0.3, 0.4) is 0 Å². The molecule has 4 unspecified atom stereocenters. The van der Waals surface area contributed by atoms with Gasteiger partial charge in [0.15, 0.2) is 6.10 Å². The van der Waals surface area contributed by atoms with E-state index in [0.29, 0.717) is 99.5 Å². The third-order valence-corrected chi connectivity index (χ3v) is 15.5. The smallest absolute Gasteiger partial charge is 0.344 e. The van der Waals surface area contributed by atoms with Crippen molar-refractivity contribution in [1.29, 1.82) is 0 Å². The topological polar surface area (TPSA) is 171 Å². The van der Waals surface area contributed by atoms with Crippen molar-refractivity contribution in [3.8, 4) is 5.75 Å². The highest BCUT2D eigenvalue weighted by Gasteiger charge is 2.81. The minimum Gasteiger partial charge on any atom is -0.496 e. The third-order valence-electron chi connectivity index (χ3n) is 15.5. The largest absolute Gasteiger partial charge is 0.496 e. The van der Waals surface area contributed by atoms with Gasteiger partial charge in [-0.2, -0.15) is 0 Å². The molecule has 2 aromatic carbocycles. The summed E-state index contributed by atoms with van der Waals surface area (Å²) < 4.78 is 23.7. The summed E-state index contributed by atoms with van der Waals surface area (Å²) in [5, 5.41) is 26.3. The van der Waals surface area contributed by atoms with Gasteiger partial charge in [-0.3, -0.25) is 24.2 Å². The Morgan fingerprint density at radius 2 is 1.73 bits per heavy atom. The lowest BCUT2D eigenvalue weighted by molar-refractivity contribution is -0.228. The fourth-order valence-electron chi connectivity index (χ4n) is 13.4. The Kier molecular flexibility index (Phi) is 9.58. The van der Waals surface area contributed by atoms with Crippen molar-refractivity contribution >= 4 is 40.9 Å². The number of H-pyrrole nitrogens is 1. The Labute approximate surface area is 349 Å². The number of aromatic amines is 1. The maximum Gasteiger partial charge on any atom is 0.344 e. The van der Waals surface area contributed by atoms with Crippen LogP contribution < -0.4 is 9.64 Å². The number of esters is 3. The zero-order valence-electron chi connectivity index (χ0n) is 35.3. The highest BCUT2D eigenvalue weighted by Crippen LogP contribution is 2.68. The monoisotopic (exact) mass is 824 g/mol. The van der Waals surface area contributed by atoms with Crippen LogP contribution >= 0.6 is 0 Å². The van der Waals surface area contributed by atoms with Crippen molar-refractivity contribution in [1.82, 2.24) is 14.8 Å². The standard InChI is InChI=1S/C46H56N4O10/c1-7-42(55)22-28-23-45(40(53)58-5,36-30(14-18-48(24-28)25-42)29-12-9-10-13-33(29)47-36)32-20-31-34(21-35(32)57-4)50(26-51)38-44(31)16-19-49-17-11-15-43(8-2,37(44)49)39(60-27(3)52)46(38,56)41(54)59-6/h9-13,15,20-21,26,28,37-39,47,55-56H,7-8,14,16-19,22-25H2,1-6H3/t28?,37?,38-,39+,42+,43-,44-,45?,46-/m1/s1. The molecule has 1 saturated carbocycles. The molecule has 6 heterocycles. The van der Waals surface area contributed by atoms with Crippen molar-refractivity contribution in [2.45, 2.75) is 99.5 Å². The number of aliphatic hydroxyl groups is 2. The molecule has 3 fully saturated rings. The number of nitrogens with one attached hydrogen (secondary N) is 1. The number of rotatable bonds is 8. The molecular weight excluding hydrogens is 769 g/mol. The average molecular weight is 825 g/mol. The number of ether oxygens (including phenoxy) is 4. The first-order chi connectivity index (χ1) is 28.8. The number of hydrogen-bond donors (Lipinski definition) is 3. The molecular formula is C46H56N4O10. The van der Waals surface area contributed by atoms with Gasteiger partial charge in [-0.1, -0.05) is 44.2 Å². The Morgan fingerprint density at radius 1 is 0.967 bits per heavy atom. The van der Waals surface area contributed by atoms with Crippen molar-refractivity contribution in [2.75, 3.05) is 59.0 Å². The van der Waals surface area contributed by atoms with E-state index in [-0.39, 0.29) is 12.3 Å². The van der Waals surface area contributed by atoms with E-state index in [4.69, 9.17) is 18.9 Å². The molecule has 3 N–H and O–H groups in total. The van der Waals surface area contributed by atoms with Gasteiger partial charge >= 0.3 is 17.9 Å². The summed E-state index contributed by atoms with van der Waals surface area (Å²) in [6.07, 6.45) is 5.83. The molecule has 9 rings (SSSR count). The van der Waals surface area contributed by atoms with Gasteiger partial charge in [-0.05, 0) is 74.2 Å². The number of carbonyl (C=O) groups is 4. The summed E-state index contributed by atoms with van der Waals surface area (Å²) in [5.74, 6) is -2.06. The molecule has 6 aliphatic rings. The van der Waals surface area contributed by atoms with Crippen LogP contribution in [0.25, 0.3) is 10.9 Å². The molecule has 1 aliphatic carbocycles. The molecule has 3 aromatic rings. The fraction of sp³-hybridized carbons (Fsp3) is 0.565. The van der Waals surface area contributed by atoms with Gasteiger partial charge in [-0.25, -0.2) is 4.79 Å². The minimum absolute atomic E-state index is 0.155. The summed E-state index contributed by atoms with van der Waals surface area (Å²) in [7, 11) is 4.09. The average Bonchev–Trinajstić information content (AvgIpc) is 3.92. The maximum atomic E-state index is 15.3. The molecule has 0 radical (unpaired) electrons. The number of piperidine rings is 1. The fourth-order valence-corrected chi connectivity index (χ4v) is 13.4. The number of amides is 1. The van der Waals surface area contributed by atoms with Gasteiger partial charge in [0.05, 0.1) is 38.7 Å². The molecule has 2 saturated heterocycles. The molecule has 320 valence electrons. The molecule has 14 heteroatoms. The highest BCUT2D eigenvalue weighted by molar-refractivity contribution is 5.96. The van der Waals surface area contributed by atoms with Crippen molar-refractivity contribution in [2.24, 2.45) is 11.3 Å². The second kappa shape index (κ2) is 14.1. The Bertz CT molecular complexity index is 2310. The maximum absolute atomic E-state index is 15.3. The number of benzene rings is 2. The molecule has 1 aromatic heterocycles. The Hall–Kier alpha value is -4.76. The van der Waals surface area contributed by atoms with E-state index in [0.717, 1.165) is 16.5 Å². The van der Waals surface area contributed by atoms with E-state index < -0.39 is 63.5 Å². The summed E-state index contributed by atoms with van der Waals surface area (Å²) in [6, 6.07) is 9.97. The first kappa shape index (κ1) is 40.6. The second-order valence-electron chi connectivity index (χ2n) is 18.1. The summed E-state index contributed by atoms with van der Waals surface area (Å²) in [5.41, 5.74) is -3.15. The molecule has 14 nitrogen and oxygen atoms in total. The van der Waals surface area contributed by atoms with Crippen LogP contribution in [0.2, 0.25) is 0 Å². The molecule has 5 aliphatic heterocycles. The van der Waals surface area contributed by atoms with Crippen LogP contribution in [-0.2, 0) is 50.6 Å². The number of hydrogen-bond acceptors (Lipinski definition) is 12. The summed E-state index contributed by atoms with van der Waals surface area (Å²) in [6.45, 7) is 8.16. The molecule has 2 bridgehead atoms. The number of aromatic nitrogens is 1. The van der Waals surface area contributed by atoms with Crippen molar-refractivity contribution < 1.29 is 48.3 Å². The summed E-state index contributed by atoms with van der Waals surface area (Å²) in [4.78, 5) is 66.1. The Balaban J connectivity index is 1.38. The van der Waals surface area contributed by atoms with Crippen molar-refractivity contribution in [3.63, 3.8) is 0 Å². The normalized spacial score (nSPS) is 36.5. The SMILES string of the molecule is CC[C@]1(O)CC2CN(CCc3c([nH]c4ccccc34)C(C(=O)OC)(c3cc4c(cc3OC)N(C=O)[C@H]3[C@](O)(C(=O)OC)[C@@H](OC(C)=O)[C@]5(CC)C=CCN6CC[C@]43C65)C2)C1. The zero-order valence-corrected chi connectivity index (χ0v) is 35.3. The first-order valence-corrected chi connectivity index (χ1v) is 21.3. The molecule has 10 atom stereocenters. The van der Waals surface area contributed by atoms with Gasteiger partial charge in [0.2, 0.25) is 12.0 Å². The van der Waals surface area contributed by atoms with Crippen molar-refractivity contribution in [3.05, 3.63) is 70.9 Å². The van der Waals surface area contributed by atoms with E-state index in [1.165, 1.54) is 33.2 Å². The van der Waals surface area contributed by atoms with Gasteiger partial charge in [0, 0.05) is 78.2 Å². The highest BCUT2D eigenvalue weighted by atomic mass is 16.6. The minimum atomic E-state index is -2.53. The molecule has 1 amide bonds. The molecule has 1 spiro atoms. The molecule has 60 heavy (non-hydrogen) atoms. The van der Waals surface area contributed by atoms with Crippen LogP contribution in [0.5, 0.6) is 5.75 Å². The van der Waals surface area contributed by atoms with Crippen LogP contribution in [-0.4, -0.2) is 133 Å². The number of anilines is 1. The van der Waals surface area contributed by atoms with E-state index in [1.807, 2.05) is 50.3 Å². The quantitative estimate of drug-likeness (QED) is 0.131. The first-order valence-electron chi connectivity index (χ1n) is 21.3. The van der Waals surface area contributed by atoms with E-state index in [2.05, 4.69) is 20.9 Å². The van der Waals surface area contributed by atoms with Crippen LogP contribution in [0, 0.1) is 11.3 Å². The van der Waals surface area contributed by atoms with E-state index in [9.17, 15) is 24.6 Å². The van der Waals surface area contributed by atoms with E-state index >= 15 is 4.79 Å². The lowest BCUT2D eigenvalue weighted by atomic mass is 9.47. The number of fused-ring (bicyclic) bond motifs is 6. The van der Waals surface area contributed by atoms with Crippen LogP contribution in [0.4, 0.5) is 5.69 Å². The third kappa shape index (κ3) is 5.19. The number of methoxy groups -OCH3 is 3. The Morgan fingerprint density at radius 3 is 2.42 bits per heavy atom. The van der Waals surface area contributed by atoms with Gasteiger partial charge < -0.3 is 39.0 Å². The number of carbonyl (C=O) groups excluding carboxylic acids is 4. The lowest BCUT2D eigenvalue weighted by Crippen LogP contribution is -2.81. The van der Waals surface area contributed by atoms with Crippen LogP contribution in [0.1, 0.15) is 75.3 Å². The summed E-state index contributed by atoms with van der Waals surface area (Å²) >= 11 is 0. The van der Waals surface area contributed by atoms with Gasteiger partial charge in [-0.15, -0.1) is 0 Å². The predicted molar refractivity (Wildman–Crippen MR) is 221 cm³/mol. The van der Waals surface area contributed by atoms with Crippen LogP contribution in [0.15, 0.2) is 48.6 Å². The predicted octanol–water partition coefficient (Wildman–Crippen LogP) is 3.52. The van der Waals surface area contributed by atoms with E-state index in [1.54, 1.807) is 6.07 Å². The number of para-hydroxylation sites is 1. The zero-order chi connectivity index (χ0) is 42.6. The number of nitrogens with zero attached hydrogens (tertiary/aromatic N) is 3.